The molecule has 0 aromatic carbocycles. The second-order valence-electron chi connectivity index (χ2n) is 5.96. The average Bonchev–Trinajstić information content (AvgIpc) is 2.21. The van der Waals surface area contributed by atoms with E-state index in [4.69, 9.17) is 0 Å². The van der Waals surface area contributed by atoms with Gasteiger partial charge in [0.1, 0.15) is 9.84 Å². The van der Waals surface area contributed by atoms with Crippen LogP contribution in [0.2, 0.25) is 0 Å². The second-order valence-corrected chi connectivity index (χ2v) is 8.26. The molecule has 9 heteroatoms. The molecule has 0 aromatic rings. The highest BCUT2D eigenvalue weighted by atomic mass is 32.2. The minimum atomic E-state index is -4.99. The molecule has 0 bridgehead atoms. The van der Waals surface area contributed by atoms with Gasteiger partial charge in [-0.2, -0.15) is 13.2 Å². The van der Waals surface area contributed by atoms with E-state index in [1.807, 2.05) is 0 Å². The molecule has 1 unspecified atom stereocenters. The normalized spacial score (nSPS) is 16.8. The summed E-state index contributed by atoms with van der Waals surface area (Å²) < 4.78 is 72.7. The largest absolute Gasteiger partial charge is 0.633 e. The molecule has 0 saturated heterocycles. The molecule has 0 aliphatic rings. The van der Waals surface area contributed by atoms with Crippen molar-refractivity contribution in [1.82, 2.24) is 0 Å². The standard InChI is InChI=1S/C12H23F4NO3S/c1-11(13,12(14,15)16)7-6-10-21(19,20)9-5-4-8-17(2,3)18/h4-10H2,1-3H3. The van der Waals surface area contributed by atoms with Crippen LogP contribution in [0.3, 0.4) is 0 Å². The SMILES string of the molecule is CC(F)(CCCS(=O)(=O)CCCC[N+](C)(C)[O-])C(F)(F)F. The van der Waals surface area contributed by atoms with Gasteiger partial charge in [0.15, 0.2) is 0 Å². The van der Waals surface area contributed by atoms with Crippen molar-refractivity contribution in [3.05, 3.63) is 5.21 Å². The fourth-order valence-corrected chi connectivity index (χ4v) is 3.11. The minimum absolute atomic E-state index is 0.192. The summed E-state index contributed by atoms with van der Waals surface area (Å²) >= 11 is 0. The average molecular weight is 337 g/mol. The first-order valence-corrected chi connectivity index (χ1v) is 8.48. The van der Waals surface area contributed by atoms with Crippen molar-refractivity contribution in [1.29, 1.82) is 0 Å². The van der Waals surface area contributed by atoms with Crippen LogP contribution >= 0.6 is 0 Å². The molecule has 0 aromatic heterocycles. The number of halogens is 4. The van der Waals surface area contributed by atoms with Crippen LogP contribution in [0, 0.1) is 5.21 Å². The molecule has 0 N–H and O–H groups in total. The zero-order valence-electron chi connectivity index (χ0n) is 12.5. The quantitative estimate of drug-likeness (QED) is 0.281. The van der Waals surface area contributed by atoms with Crippen molar-refractivity contribution in [2.24, 2.45) is 0 Å². The Hall–Kier alpha value is -0.410. The van der Waals surface area contributed by atoms with E-state index in [1.165, 1.54) is 14.1 Å². The Morgan fingerprint density at radius 2 is 1.48 bits per heavy atom. The van der Waals surface area contributed by atoms with E-state index in [9.17, 15) is 31.2 Å². The Balaban J connectivity index is 4.10. The van der Waals surface area contributed by atoms with E-state index in [-0.39, 0.29) is 25.1 Å². The first kappa shape index (κ1) is 20.6. The molecule has 21 heavy (non-hydrogen) atoms. The van der Waals surface area contributed by atoms with Crippen molar-refractivity contribution in [2.75, 3.05) is 32.1 Å². The van der Waals surface area contributed by atoms with E-state index in [2.05, 4.69) is 0 Å². The molecule has 0 rings (SSSR count). The van der Waals surface area contributed by atoms with Gasteiger partial charge < -0.3 is 9.85 Å². The molecular formula is C12H23F4NO3S. The summed E-state index contributed by atoms with van der Waals surface area (Å²) in [7, 11) is -0.634. The number of rotatable bonds is 9. The van der Waals surface area contributed by atoms with E-state index < -0.39 is 38.5 Å². The van der Waals surface area contributed by atoms with E-state index >= 15 is 0 Å². The highest BCUT2D eigenvalue weighted by Gasteiger charge is 2.51. The van der Waals surface area contributed by atoms with Crippen molar-refractivity contribution in [2.45, 2.75) is 44.5 Å². The Kier molecular flexibility index (Phi) is 7.09. The molecule has 0 heterocycles. The summed E-state index contributed by atoms with van der Waals surface area (Å²) in [5.74, 6) is -0.666. The van der Waals surface area contributed by atoms with Gasteiger partial charge in [0.25, 0.3) is 0 Å². The number of hydrogen-bond acceptors (Lipinski definition) is 3. The van der Waals surface area contributed by atoms with Crippen LogP contribution in [0.1, 0.15) is 32.6 Å². The van der Waals surface area contributed by atoms with Gasteiger partial charge in [-0.25, -0.2) is 12.8 Å². The maximum atomic E-state index is 13.3. The number of hydroxylamine groups is 3. The summed E-state index contributed by atoms with van der Waals surface area (Å²) in [6.07, 6.45) is -5.55. The lowest BCUT2D eigenvalue weighted by molar-refractivity contribution is -0.840. The Labute approximate surface area is 123 Å². The molecule has 0 spiro atoms. The van der Waals surface area contributed by atoms with Crippen LogP contribution in [0.4, 0.5) is 17.6 Å². The third-order valence-electron chi connectivity index (χ3n) is 3.09. The second kappa shape index (κ2) is 7.23. The fraction of sp³-hybridized carbons (Fsp3) is 1.00. The van der Waals surface area contributed by atoms with Gasteiger partial charge >= 0.3 is 6.18 Å². The van der Waals surface area contributed by atoms with Crippen LogP contribution in [-0.2, 0) is 9.84 Å². The summed E-state index contributed by atoms with van der Waals surface area (Å²) in [6, 6.07) is 0. The van der Waals surface area contributed by atoms with Gasteiger partial charge in [0, 0.05) is 0 Å². The summed E-state index contributed by atoms with van der Waals surface area (Å²) in [4.78, 5) is 0. The van der Waals surface area contributed by atoms with Crippen LogP contribution in [-0.4, -0.2) is 57.1 Å². The van der Waals surface area contributed by atoms with E-state index in [0.29, 0.717) is 13.3 Å². The number of alkyl halides is 4. The lowest BCUT2D eigenvalue weighted by Crippen LogP contribution is -2.38. The van der Waals surface area contributed by atoms with Gasteiger partial charge in [-0.3, -0.25) is 0 Å². The molecule has 0 aliphatic carbocycles. The van der Waals surface area contributed by atoms with Crippen LogP contribution in [0.5, 0.6) is 0 Å². The first-order valence-electron chi connectivity index (χ1n) is 6.66. The number of unbranched alkanes of at least 4 members (excludes halogenated alkanes) is 1. The molecule has 1 atom stereocenters. The van der Waals surface area contributed by atoms with Crippen molar-refractivity contribution in [3.8, 4) is 0 Å². The van der Waals surface area contributed by atoms with E-state index in [0.717, 1.165) is 0 Å². The number of nitrogens with zero attached hydrogens (tertiary/aromatic N) is 1. The maximum absolute atomic E-state index is 13.3. The molecule has 0 saturated carbocycles. The predicted octanol–water partition coefficient (Wildman–Crippen LogP) is 2.83. The van der Waals surface area contributed by atoms with Crippen molar-refractivity contribution in [3.63, 3.8) is 0 Å². The maximum Gasteiger partial charge on any atom is 0.422 e. The van der Waals surface area contributed by atoms with Gasteiger partial charge in [-0.15, -0.1) is 0 Å². The summed E-state index contributed by atoms with van der Waals surface area (Å²) in [5, 5.41) is 11.2. The van der Waals surface area contributed by atoms with E-state index in [1.54, 1.807) is 0 Å². The van der Waals surface area contributed by atoms with Crippen molar-refractivity contribution < 1.29 is 30.6 Å². The highest BCUT2D eigenvalue weighted by molar-refractivity contribution is 7.91. The Morgan fingerprint density at radius 1 is 1.00 bits per heavy atom. The topological polar surface area (TPSA) is 57.2 Å². The number of sulfone groups is 1. The third kappa shape index (κ3) is 9.26. The van der Waals surface area contributed by atoms with Crippen LogP contribution in [0.25, 0.3) is 0 Å². The first-order chi connectivity index (χ1) is 9.16. The van der Waals surface area contributed by atoms with Crippen LogP contribution < -0.4 is 0 Å². The van der Waals surface area contributed by atoms with Gasteiger partial charge in [-0.05, 0) is 32.6 Å². The smallest absolute Gasteiger partial charge is 0.422 e. The van der Waals surface area contributed by atoms with Gasteiger partial charge in [0.2, 0.25) is 5.67 Å². The molecule has 0 radical (unpaired) electrons. The predicted molar refractivity (Wildman–Crippen MR) is 73.0 cm³/mol. The van der Waals surface area contributed by atoms with Crippen LogP contribution in [0.15, 0.2) is 0 Å². The summed E-state index contributed by atoms with van der Waals surface area (Å²) in [5.41, 5.74) is -3.37. The Morgan fingerprint density at radius 3 is 1.90 bits per heavy atom. The molecule has 0 aliphatic heterocycles. The zero-order valence-corrected chi connectivity index (χ0v) is 13.4. The highest BCUT2D eigenvalue weighted by Crippen LogP contribution is 2.37. The summed E-state index contributed by atoms with van der Waals surface area (Å²) in [6.45, 7) is 0.681. The molecule has 4 nitrogen and oxygen atoms in total. The zero-order chi connectivity index (χ0) is 16.9. The number of quaternary nitrogens is 1. The molecule has 0 amide bonds. The minimum Gasteiger partial charge on any atom is -0.633 e. The molecule has 128 valence electrons. The van der Waals surface area contributed by atoms with Crippen molar-refractivity contribution >= 4 is 9.84 Å². The fourth-order valence-electron chi connectivity index (χ4n) is 1.68. The lowest BCUT2D eigenvalue weighted by Gasteiger charge is -2.33. The molecule has 0 fully saturated rings. The van der Waals surface area contributed by atoms with Gasteiger partial charge in [-0.1, -0.05) is 0 Å². The monoisotopic (exact) mass is 337 g/mol. The van der Waals surface area contributed by atoms with Gasteiger partial charge in [0.05, 0.1) is 32.1 Å². The molecular weight excluding hydrogens is 314 g/mol. The Bertz CT molecular complexity index is 413. The third-order valence-corrected chi connectivity index (χ3v) is 4.92. The number of hydrogen-bond donors (Lipinski definition) is 0. The lowest BCUT2D eigenvalue weighted by atomic mass is 10.0.